The highest BCUT2D eigenvalue weighted by atomic mass is 35.5. The SMILES string of the molecule is CCN(CC1CCC1)c1ccc(CNCCOC)cc1Cl. The van der Waals surface area contributed by atoms with Gasteiger partial charge in [-0.15, -0.1) is 0 Å². The largest absolute Gasteiger partial charge is 0.383 e. The summed E-state index contributed by atoms with van der Waals surface area (Å²) < 4.78 is 5.03. The highest BCUT2D eigenvalue weighted by molar-refractivity contribution is 6.33. The Morgan fingerprint density at radius 1 is 1.38 bits per heavy atom. The molecular formula is C17H27ClN2O. The first kappa shape index (κ1) is 16.6. The van der Waals surface area contributed by atoms with Gasteiger partial charge < -0.3 is 15.0 Å². The maximum absolute atomic E-state index is 6.49. The van der Waals surface area contributed by atoms with Gasteiger partial charge in [-0.25, -0.2) is 0 Å². The van der Waals surface area contributed by atoms with Crippen molar-refractivity contribution < 1.29 is 4.74 Å². The Bertz CT molecular complexity index is 435. The molecule has 0 aliphatic heterocycles. The van der Waals surface area contributed by atoms with E-state index in [0.29, 0.717) is 0 Å². The van der Waals surface area contributed by atoms with Gasteiger partial charge in [0.1, 0.15) is 0 Å². The van der Waals surface area contributed by atoms with E-state index in [4.69, 9.17) is 16.3 Å². The molecule has 1 fully saturated rings. The minimum Gasteiger partial charge on any atom is -0.383 e. The quantitative estimate of drug-likeness (QED) is 0.704. The van der Waals surface area contributed by atoms with Crippen LogP contribution < -0.4 is 10.2 Å². The number of hydrogen-bond acceptors (Lipinski definition) is 3. The second kappa shape index (κ2) is 8.62. The van der Waals surface area contributed by atoms with Crippen molar-refractivity contribution in [1.82, 2.24) is 5.32 Å². The summed E-state index contributed by atoms with van der Waals surface area (Å²) in [6, 6.07) is 6.42. The van der Waals surface area contributed by atoms with Gasteiger partial charge in [0, 0.05) is 33.3 Å². The van der Waals surface area contributed by atoms with E-state index >= 15 is 0 Å². The molecule has 0 aromatic heterocycles. The fourth-order valence-electron chi connectivity index (χ4n) is 2.71. The molecule has 4 heteroatoms. The van der Waals surface area contributed by atoms with E-state index in [1.807, 2.05) is 0 Å². The first-order chi connectivity index (χ1) is 10.2. The lowest BCUT2D eigenvalue weighted by atomic mass is 9.85. The van der Waals surface area contributed by atoms with Crippen molar-refractivity contribution in [3.05, 3.63) is 28.8 Å². The molecule has 0 unspecified atom stereocenters. The maximum atomic E-state index is 6.49. The molecule has 1 aliphatic rings. The average Bonchev–Trinajstić information content (AvgIpc) is 2.44. The van der Waals surface area contributed by atoms with Crippen LogP contribution in [0.3, 0.4) is 0 Å². The summed E-state index contributed by atoms with van der Waals surface area (Å²) in [5.74, 6) is 0.858. The monoisotopic (exact) mass is 310 g/mol. The molecule has 1 N–H and O–H groups in total. The zero-order valence-electron chi connectivity index (χ0n) is 13.2. The standard InChI is InChI=1S/C17H27ClN2O/c1-3-20(13-14-5-4-6-14)17-8-7-15(11-16(17)18)12-19-9-10-21-2/h7-8,11,14,19H,3-6,9-10,12-13H2,1-2H3. The fraction of sp³-hybridized carbons (Fsp3) is 0.647. The minimum absolute atomic E-state index is 0.733. The molecule has 0 amide bonds. The van der Waals surface area contributed by atoms with Crippen molar-refractivity contribution in [2.75, 3.05) is 38.3 Å². The third kappa shape index (κ3) is 4.87. The van der Waals surface area contributed by atoms with Crippen LogP contribution in [0.5, 0.6) is 0 Å². The van der Waals surface area contributed by atoms with Crippen LogP contribution in [0.2, 0.25) is 5.02 Å². The lowest BCUT2D eigenvalue weighted by Gasteiger charge is -2.33. The summed E-state index contributed by atoms with van der Waals surface area (Å²) in [6.45, 7) is 6.78. The number of nitrogens with zero attached hydrogens (tertiary/aromatic N) is 1. The fourth-order valence-corrected chi connectivity index (χ4v) is 3.03. The molecule has 118 valence electrons. The predicted octanol–water partition coefficient (Wildman–Crippen LogP) is 3.70. The molecule has 21 heavy (non-hydrogen) atoms. The first-order valence-corrected chi connectivity index (χ1v) is 8.35. The number of halogens is 1. The van der Waals surface area contributed by atoms with E-state index in [9.17, 15) is 0 Å². The van der Waals surface area contributed by atoms with E-state index in [2.05, 4.69) is 35.3 Å². The first-order valence-electron chi connectivity index (χ1n) is 7.97. The molecule has 2 rings (SSSR count). The van der Waals surface area contributed by atoms with E-state index in [1.54, 1.807) is 7.11 Å². The highest BCUT2D eigenvalue weighted by Crippen LogP contribution is 2.32. The smallest absolute Gasteiger partial charge is 0.0642 e. The molecule has 1 saturated carbocycles. The topological polar surface area (TPSA) is 24.5 Å². The molecule has 0 radical (unpaired) electrons. The summed E-state index contributed by atoms with van der Waals surface area (Å²) in [4.78, 5) is 2.41. The molecule has 1 aromatic rings. The van der Waals surface area contributed by atoms with Crippen molar-refractivity contribution in [3.63, 3.8) is 0 Å². The van der Waals surface area contributed by atoms with Gasteiger partial charge in [0.05, 0.1) is 17.3 Å². The molecule has 0 heterocycles. The summed E-state index contributed by atoms with van der Waals surface area (Å²) >= 11 is 6.49. The van der Waals surface area contributed by atoms with Crippen LogP contribution >= 0.6 is 11.6 Å². The van der Waals surface area contributed by atoms with Gasteiger partial charge >= 0.3 is 0 Å². The Kier molecular flexibility index (Phi) is 6.81. The van der Waals surface area contributed by atoms with Crippen LogP contribution in [0, 0.1) is 5.92 Å². The van der Waals surface area contributed by atoms with Crippen molar-refractivity contribution in [2.24, 2.45) is 5.92 Å². The summed E-state index contributed by atoms with van der Waals surface area (Å²) in [5.41, 5.74) is 2.39. The van der Waals surface area contributed by atoms with E-state index in [0.717, 1.165) is 43.7 Å². The van der Waals surface area contributed by atoms with Gasteiger partial charge in [-0.3, -0.25) is 0 Å². The Hall–Kier alpha value is -0.770. The number of anilines is 1. The highest BCUT2D eigenvalue weighted by Gasteiger charge is 2.21. The van der Waals surface area contributed by atoms with Crippen molar-refractivity contribution >= 4 is 17.3 Å². The van der Waals surface area contributed by atoms with Crippen LogP contribution in [0.15, 0.2) is 18.2 Å². The normalized spacial score (nSPS) is 15.0. The number of benzene rings is 1. The van der Waals surface area contributed by atoms with Gasteiger partial charge in [0.25, 0.3) is 0 Å². The van der Waals surface area contributed by atoms with E-state index < -0.39 is 0 Å². The lowest BCUT2D eigenvalue weighted by molar-refractivity contribution is 0.199. The van der Waals surface area contributed by atoms with Crippen LogP contribution in [0.25, 0.3) is 0 Å². The molecule has 0 bridgehead atoms. The van der Waals surface area contributed by atoms with Gasteiger partial charge in [-0.2, -0.15) is 0 Å². The van der Waals surface area contributed by atoms with Crippen molar-refractivity contribution in [2.45, 2.75) is 32.7 Å². The Morgan fingerprint density at radius 2 is 2.19 bits per heavy atom. The van der Waals surface area contributed by atoms with E-state index in [1.165, 1.54) is 30.5 Å². The van der Waals surface area contributed by atoms with Gasteiger partial charge in [-0.05, 0) is 43.4 Å². The minimum atomic E-state index is 0.733. The molecule has 0 saturated heterocycles. The predicted molar refractivity (Wildman–Crippen MR) is 90.3 cm³/mol. The summed E-state index contributed by atoms with van der Waals surface area (Å²) in [6.07, 6.45) is 4.13. The van der Waals surface area contributed by atoms with Crippen LogP contribution in [-0.4, -0.2) is 33.4 Å². The summed E-state index contributed by atoms with van der Waals surface area (Å²) in [7, 11) is 1.72. The molecule has 3 nitrogen and oxygen atoms in total. The van der Waals surface area contributed by atoms with Gasteiger partial charge in [0.15, 0.2) is 0 Å². The maximum Gasteiger partial charge on any atom is 0.0642 e. The van der Waals surface area contributed by atoms with E-state index in [-0.39, 0.29) is 0 Å². The molecule has 0 spiro atoms. The number of methoxy groups -OCH3 is 1. The Balaban J connectivity index is 1.93. The molecule has 1 aromatic carbocycles. The van der Waals surface area contributed by atoms with Crippen molar-refractivity contribution in [1.29, 1.82) is 0 Å². The lowest BCUT2D eigenvalue weighted by Crippen LogP contribution is -2.32. The molecular weight excluding hydrogens is 284 g/mol. The number of ether oxygens (including phenoxy) is 1. The van der Waals surface area contributed by atoms with Gasteiger partial charge in [-0.1, -0.05) is 24.1 Å². The Morgan fingerprint density at radius 3 is 2.76 bits per heavy atom. The number of hydrogen-bond donors (Lipinski definition) is 1. The average molecular weight is 311 g/mol. The molecule has 0 atom stereocenters. The van der Waals surface area contributed by atoms with Crippen LogP contribution in [0.1, 0.15) is 31.7 Å². The summed E-state index contributed by atoms with van der Waals surface area (Å²) in [5, 5.41) is 4.21. The second-order valence-corrected chi connectivity index (χ2v) is 6.20. The van der Waals surface area contributed by atoms with Crippen LogP contribution in [-0.2, 0) is 11.3 Å². The third-order valence-corrected chi connectivity index (χ3v) is 4.55. The number of nitrogens with one attached hydrogen (secondary N) is 1. The van der Waals surface area contributed by atoms with Gasteiger partial charge in [0.2, 0.25) is 0 Å². The zero-order valence-corrected chi connectivity index (χ0v) is 14.0. The zero-order chi connectivity index (χ0) is 15.1. The third-order valence-electron chi connectivity index (χ3n) is 4.25. The second-order valence-electron chi connectivity index (χ2n) is 5.79. The van der Waals surface area contributed by atoms with Crippen LogP contribution in [0.4, 0.5) is 5.69 Å². The van der Waals surface area contributed by atoms with Crippen molar-refractivity contribution in [3.8, 4) is 0 Å². The number of rotatable bonds is 9. The molecule has 1 aliphatic carbocycles. The Labute approximate surface area is 133 Å².